The number of aromatic carboxylic acids is 1. The minimum atomic E-state index is -1.24. The van der Waals surface area contributed by atoms with E-state index in [9.17, 15) is 48.3 Å². The number of halogens is 1. The smallest absolute Gasteiger partial charge is 0.360 e. The number of hydrogen-bond donors (Lipinski definition) is 5. The molecule has 9 heterocycles. The topological polar surface area (TPSA) is 326 Å². The van der Waals surface area contributed by atoms with Crippen molar-refractivity contribution in [3.8, 4) is 0 Å². The van der Waals surface area contributed by atoms with Crippen LogP contribution >= 0.6 is 12.4 Å². The number of para-hydroxylation sites is 6. The highest BCUT2D eigenvalue weighted by Crippen LogP contribution is 2.48. The number of aliphatic carboxylic acids is 1. The van der Waals surface area contributed by atoms with Crippen LogP contribution in [0, 0.1) is 0 Å². The van der Waals surface area contributed by atoms with Gasteiger partial charge in [0.1, 0.15) is 13.1 Å². The van der Waals surface area contributed by atoms with Gasteiger partial charge in [-0.2, -0.15) is 0 Å². The summed E-state index contributed by atoms with van der Waals surface area (Å²) in [6, 6.07) is 27.4. The number of esters is 2. The lowest BCUT2D eigenvalue weighted by Gasteiger charge is -2.45. The predicted molar refractivity (Wildman–Crippen MR) is 416 cm³/mol. The number of benzene rings is 3. The molecule has 3 aromatic carbocycles. The number of piperidine rings is 3. The van der Waals surface area contributed by atoms with E-state index in [4.69, 9.17) is 15.6 Å². The summed E-state index contributed by atoms with van der Waals surface area (Å²) in [5.74, 6) is -4.65. The summed E-state index contributed by atoms with van der Waals surface area (Å²) in [6.07, 6.45) is 40.5. The molecule has 3 aromatic heterocycles. The Kier molecular flexibility index (Phi) is 29.0. The van der Waals surface area contributed by atoms with Crippen molar-refractivity contribution in [3.05, 3.63) is 121 Å². The minimum absolute atomic E-state index is 0. The number of rotatable bonds is 16. The first kappa shape index (κ1) is 81.0. The van der Waals surface area contributed by atoms with E-state index in [0.29, 0.717) is 77.5 Å². The van der Waals surface area contributed by atoms with Crippen LogP contribution < -0.4 is 33.0 Å². The van der Waals surface area contributed by atoms with Crippen molar-refractivity contribution >= 4 is 81.2 Å². The molecule has 6 aliphatic heterocycles. The first-order valence-corrected chi connectivity index (χ1v) is 40.4. The molecule has 25 nitrogen and oxygen atoms in total. The Bertz CT molecular complexity index is 4240. The van der Waals surface area contributed by atoms with Gasteiger partial charge < -0.3 is 49.8 Å². The number of carboxylic acid groups (broad SMARTS) is 2. The molecule has 0 radical (unpaired) electrons. The van der Waals surface area contributed by atoms with Crippen molar-refractivity contribution in [2.45, 2.75) is 298 Å². The average molecular weight is 1510 g/mol. The van der Waals surface area contributed by atoms with Gasteiger partial charge in [0.05, 0.1) is 52.9 Å². The Labute approximate surface area is 638 Å². The first-order valence-electron chi connectivity index (χ1n) is 40.4. The van der Waals surface area contributed by atoms with Crippen molar-refractivity contribution in [1.82, 2.24) is 54.0 Å². The van der Waals surface area contributed by atoms with Crippen LogP contribution in [0.4, 0.5) is 0 Å². The van der Waals surface area contributed by atoms with E-state index < -0.39 is 47.4 Å². The fourth-order valence-electron chi connectivity index (χ4n) is 20.1. The Balaban J connectivity index is 0.000000154. The maximum Gasteiger partial charge on any atom is 0.360 e. The largest absolute Gasteiger partial charge is 0.480 e. The lowest BCUT2D eigenvalue weighted by atomic mass is 9.89. The van der Waals surface area contributed by atoms with E-state index in [2.05, 4.69) is 45.0 Å². The van der Waals surface area contributed by atoms with E-state index in [0.717, 1.165) is 55.1 Å². The number of amides is 2. The van der Waals surface area contributed by atoms with Crippen LogP contribution in [0.5, 0.6) is 0 Å². The second-order valence-electron chi connectivity index (χ2n) is 31.1. The van der Waals surface area contributed by atoms with Crippen LogP contribution in [0.1, 0.15) is 275 Å². The van der Waals surface area contributed by atoms with Crippen molar-refractivity contribution in [2.24, 2.45) is 5.73 Å². The van der Waals surface area contributed by atoms with Gasteiger partial charge in [-0.1, -0.05) is 133 Å². The predicted octanol–water partition coefficient (Wildman–Crippen LogP) is 11.8. The Morgan fingerprint density at radius 2 is 0.667 bits per heavy atom. The van der Waals surface area contributed by atoms with Gasteiger partial charge in [-0.25, -0.2) is 19.7 Å². The highest BCUT2D eigenvalue weighted by molar-refractivity contribution is 5.96. The molecule has 6 N–H and O–H groups in total. The lowest BCUT2D eigenvalue weighted by molar-refractivity contribution is -0.142. The molecule has 26 heteroatoms. The summed E-state index contributed by atoms with van der Waals surface area (Å²) in [7, 11) is 0. The van der Waals surface area contributed by atoms with Gasteiger partial charge in [0.2, 0.25) is 5.69 Å². The monoisotopic (exact) mass is 1510 g/mol. The van der Waals surface area contributed by atoms with E-state index in [1.807, 2.05) is 65.2 Å². The Morgan fingerprint density at radius 1 is 0.389 bits per heavy atom. The molecule has 15 rings (SSSR count). The molecular weight excluding hydrogens is 1400 g/mol. The number of ether oxygens (including phenoxy) is 2. The molecule has 9 atom stereocenters. The van der Waals surface area contributed by atoms with Gasteiger partial charge in [0.25, 0.3) is 28.5 Å². The van der Waals surface area contributed by atoms with E-state index in [1.165, 1.54) is 173 Å². The summed E-state index contributed by atoms with van der Waals surface area (Å²) in [5, 5.41) is 23.3. The third-order valence-corrected chi connectivity index (χ3v) is 24.5. The second kappa shape index (κ2) is 38.6. The number of carbonyl (C=O) groups is 6. The van der Waals surface area contributed by atoms with Crippen LogP contribution in [-0.2, 0) is 23.9 Å². The summed E-state index contributed by atoms with van der Waals surface area (Å²) in [4.78, 5) is 132. The molecule has 3 aliphatic carbocycles. The van der Waals surface area contributed by atoms with Crippen LogP contribution in [0.2, 0.25) is 0 Å². The van der Waals surface area contributed by atoms with E-state index in [1.54, 1.807) is 35.1 Å². The zero-order valence-electron chi connectivity index (χ0n) is 63.1. The molecule has 6 saturated heterocycles. The lowest BCUT2D eigenvalue weighted by Crippen LogP contribution is -2.50. The molecule has 0 spiro atoms. The maximum atomic E-state index is 13.7. The van der Waals surface area contributed by atoms with Crippen LogP contribution in [-0.4, -0.2) is 176 Å². The molecule has 3 unspecified atom stereocenters. The third kappa shape index (κ3) is 19.1. The fourth-order valence-corrected chi connectivity index (χ4v) is 20.1. The SMILES string of the molecule is CCOC(=O)CN.CCOC(=O)CNC(=O)c1nc2ccccc2n(C2C[C@H]3CC[C@@H](C2)N3C2CCCCCCC2)c1=O.Cl.O=C(O)CNC(=O)c1nc2ccccc2n(C2C[C@H]3CC[C@@H](C2)N3C2CCCCCCC2)c1=O.O=C(O)c1nc2ccccc2n(C2C[C@H]3CC[C@@H](C2)N3C2CCCCCCC2)c1=O. The quantitative estimate of drug-likeness (QED) is 0.0562. The highest BCUT2D eigenvalue weighted by atomic mass is 35.5. The molecule has 9 fully saturated rings. The average Bonchev–Trinajstić information content (AvgIpc) is 1.48. The van der Waals surface area contributed by atoms with Crippen molar-refractivity contribution in [2.75, 3.05) is 32.8 Å². The molecule has 108 heavy (non-hydrogen) atoms. The number of nitrogens with two attached hydrogens (primary N) is 1. The maximum absolute atomic E-state index is 13.7. The number of fused-ring (bicyclic) bond motifs is 9. The first-order chi connectivity index (χ1) is 52.0. The van der Waals surface area contributed by atoms with Gasteiger partial charge in [-0.05, 0) is 166 Å². The fraction of sp³-hybridized carbons (Fsp3) is 0.634. The minimum Gasteiger partial charge on any atom is -0.480 e. The van der Waals surface area contributed by atoms with Gasteiger partial charge in [-0.15, -0.1) is 12.4 Å². The molecule has 6 aromatic rings. The van der Waals surface area contributed by atoms with Gasteiger partial charge in [0.15, 0.2) is 11.4 Å². The molecule has 9 aliphatic rings. The second-order valence-corrected chi connectivity index (χ2v) is 31.1. The van der Waals surface area contributed by atoms with Gasteiger partial charge in [-0.3, -0.25) is 53.1 Å². The summed E-state index contributed by atoms with van der Waals surface area (Å²) in [6.45, 7) is 3.25. The van der Waals surface area contributed by atoms with Crippen LogP contribution in [0.15, 0.2) is 87.2 Å². The van der Waals surface area contributed by atoms with Gasteiger partial charge >= 0.3 is 23.9 Å². The number of hydrogen-bond acceptors (Lipinski definition) is 18. The normalized spacial score (nSPS) is 25.1. The molecule has 586 valence electrons. The molecule has 2 amide bonds. The summed E-state index contributed by atoms with van der Waals surface area (Å²) < 4.78 is 14.7. The van der Waals surface area contributed by atoms with E-state index in [-0.39, 0.29) is 78.8 Å². The van der Waals surface area contributed by atoms with Crippen LogP contribution in [0.25, 0.3) is 33.1 Å². The van der Waals surface area contributed by atoms with Gasteiger partial charge in [0, 0.05) is 72.5 Å². The molecule has 6 bridgehead atoms. The zero-order chi connectivity index (χ0) is 75.1. The van der Waals surface area contributed by atoms with E-state index >= 15 is 0 Å². The molecule has 3 saturated carbocycles. The van der Waals surface area contributed by atoms with Crippen molar-refractivity contribution in [1.29, 1.82) is 0 Å². The Morgan fingerprint density at radius 3 is 0.954 bits per heavy atom. The highest BCUT2D eigenvalue weighted by Gasteiger charge is 2.48. The van der Waals surface area contributed by atoms with Crippen LogP contribution in [0.3, 0.4) is 0 Å². The number of nitrogens with one attached hydrogen (secondary N) is 2. The summed E-state index contributed by atoms with van der Waals surface area (Å²) >= 11 is 0. The number of aromatic nitrogens is 6. The zero-order valence-corrected chi connectivity index (χ0v) is 63.9. The van der Waals surface area contributed by atoms with Crippen molar-refractivity contribution in [3.63, 3.8) is 0 Å². The number of carboxylic acids is 2. The summed E-state index contributed by atoms with van der Waals surface area (Å²) in [5.41, 5.74) is 6.94. The Hall–Kier alpha value is -7.97. The standard InChI is InChI=1S/C28H38N4O4.C26H34N4O4.C24H31N3O3.C4H9NO2.ClH/c1-2-36-25(33)18-29-27(34)26-28(35)32(24-13-9-8-12-23(24)30-26)22-16-20-14-15-21(17-22)31(20)19-10-6-4-3-5-7-11-19;31-23(32)16-27-25(33)24-26(34)30(22-11-7-6-10-21(22)28-24)20-14-18-12-13-19(15-20)29(18)17-8-4-2-1-3-5-9-17;28-23-22(24(29)30)25-20-10-6-7-11-21(20)27(23)19-14-17-12-13-18(15-19)26(17)16-8-4-2-1-3-5-9-16;1-2-7-4(6)3-5;/h8-9,12-13,19-22H,2-7,10-11,14-18H2,1H3,(H,29,34);6-7,10-11,17-20H,1-5,8-9,12-16H2,(H,27,33)(H,31,32);6-7,10-11,16-19H,1-5,8-9,12-15H2,(H,29,30);2-3,5H2,1H3;1H/t20-,21+,22?;18-,19+,20?;17-,18+,19?;;. The van der Waals surface area contributed by atoms with Crippen molar-refractivity contribution < 1.29 is 48.5 Å². The number of nitrogens with zero attached hydrogens (tertiary/aromatic N) is 9. The number of carbonyl (C=O) groups excluding carboxylic acids is 4. The molecular formula is C82H113ClN12O13. The third-order valence-electron chi connectivity index (χ3n) is 24.5.